The first kappa shape index (κ1) is 14.1. The van der Waals surface area contributed by atoms with E-state index in [1.54, 1.807) is 18.3 Å². The maximum Gasteiger partial charge on any atom is 0.255 e. The van der Waals surface area contributed by atoms with E-state index in [0.29, 0.717) is 5.56 Å². The Morgan fingerprint density at radius 2 is 1.90 bits per heavy atom. The fourth-order valence-corrected chi connectivity index (χ4v) is 3.91. The zero-order valence-corrected chi connectivity index (χ0v) is 12.8. The smallest absolute Gasteiger partial charge is 0.255 e. The van der Waals surface area contributed by atoms with Gasteiger partial charge in [-0.05, 0) is 36.3 Å². The van der Waals surface area contributed by atoms with Gasteiger partial charge in [0.15, 0.2) is 5.78 Å². The molecule has 1 amide bonds. The number of hydrogen-bond acceptors (Lipinski definition) is 2. The Morgan fingerprint density at radius 3 is 2.48 bits per heavy atom. The molecule has 0 radical (unpaired) electrons. The van der Waals surface area contributed by atoms with Crippen molar-refractivity contribution in [3.05, 3.63) is 47.7 Å². The van der Waals surface area contributed by atoms with E-state index in [1.807, 2.05) is 18.2 Å². The van der Waals surface area contributed by atoms with Gasteiger partial charge in [0.05, 0.1) is 0 Å². The molecule has 0 unspecified atom stereocenters. The minimum absolute atomic E-state index is 0.0204. The van der Waals surface area contributed by atoms with Crippen LogP contribution < -0.4 is 5.32 Å². The Morgan fingerprint density at radius 1 is 1.24 bits per heavy atom. The summed E-state index contributed by atoms with van der Waals surface area (Å²) >= 11 is 0. The first-order valence-electron chi connectivity index (χ1n) is 7.49. The van der Waals surface area contributed by atoms with Crippen LogP contribution in [0.15, 0.2) is 42.1 Å². The molecule has 2 fully saturated rings. The van der Waals surface area contributed by atoms with E-state index in [9.17, 15) is 9.59 Å². The average Bonchev–Trinajstić information content (AvgIpc) is 2.78. The van der Waals surface area contributed by atoms with Gasteiger partial charge in [0.2, 0.25) is 0 Å². The molecule has 0 aliphatic heterocycles. The number of rotatable bonds is 2. The van der Waals surface area contributed by atoms with Crippen LogP contribution in [0.4, 0.5) is 0 Å². The molecule has 0 saturated heterocycles. The van der Waals surface area contributed by atoms with Crippen LogP contribution in [0.1, 0.15) is 44.0 Å². The molecule has 0 heterocycles. The van der Waals surface area contributed by atoms with Crippen LogP contribution in [0.2, 0.25) is 0 Å². The molecule has 3 rings (SSSR count). The van der Waals surface area contributed by atoms with Crippen molar-refractivity contribution in [2.24, 2.45) is 16.7 Å². The molecule has 1 aromatic carbocycles. The number of nitrogens with one attached hydrogen (secondary N) is 1. The van der Waals surface area contributed by atoms with E-state index in [1.165, 1.54) is 0 Å². The highest BCUT2D eigenvalue weighted by atomic mass is 16.1. The van der Waals surface area contributed by atoms with Gasteiger partial charge in [-0.1, -0.05) is 39.0 Å². The molecule has 3 nitrogen and oxygen atoms in total. The third-order valence-electron chi connectivity index (χ3n) is 5.76. The molecular weight excluding hydrogens is 262 g/mol. The van der Waals surface area contributed by atoms with Crippen LogP contribution in [0.3, 0.4) is 0 Å². The van der Waals surface area contributed by atoms with Gasteiger partial charge < -0.3 is 5.32 Å². The number of benzene rings is 1. The number of ketones is 1. The van der Waals surface area contributed by atoms with Crippen molar-refractivity contribution >= 4 is 11.7 Å². The molecule has 110 valence electrons. The lowest BCUT2D eigenvalue weighted by Crippen LogP contribution is -2.32. The molecule has 2 aliphatic carbocycles. The lowest BCUT2D eigenvalue weighted by atomic mass is 9.70. The van der Waals surface area contributed by atoms with Gasteiger partial charge in [-0.3, -0.25) is 9.59 Å². The number of carbonyl (C=O) groups excluding carboxylic acids is 2. The zero-order chi connectivity index (χ0) is 15.3. The SMILES string of the molecule is CC1(C)[C@@H]2CC[C@@]1(C)C(=O)/C2=C/NC(=O)c1ccccc1. The number of allylic oxidation sites excluding steroid dienone is 1. The van der Waals surface area contributed by atoms with Crippen molar-refractivity contribution in [2.75, 3.05) is 0 Å². The Kier molecular flexibility index (Phi) is 3.05. The molecular formula is C18H21NO2. The Hall–Kier alpha value is -1.90. The lowest BCUT2D eigenvalue weighted by Gasteiger charge is -2.31. The highest BCUT2D eigenvalue weighted by molar-refractivity contribution is 6.05. The van der Waals surface area contributed by atoms with E-state index in [0.717, 1.165) is 18.4 Å². The first-order valence-corrected chi connectivity index (χ1v) is 7.49. The van der Waals surface area contributed by atoms with Crippen molar-refractivity contribution in [1.29, 1.82) is 0 Å². The number of hydrogen-bond donors (Lipinski definition) is 1. The average molecular weight is 283 g/mol. The predicted molar refractivity (Wildman–Crippen MR) is 81.6 cm³/mol. The maximum absolute atomic E-state index is 12.6. The van der Waals surface area contributed by atoms with Crippen molar-refractivity contribution in [3.8, 4) is 0 Å². The van der Waals surface area contributed by atoms with Gasteiger partial charge in [0.25, 0.3) is 5.91 Å². The molecule has 2 aliphatic rings. The largest absolute Gasteiger partial charge is 0.328 e. The second-order valence-corrected chi connectivity index (χ2v) is 6.91. The number of carbonyl (C=O) groups is 2. The monoisotopic (exact) mass is 283 g/mol. The second-order valence-electron chi connectivity index (χ2n) is 6.91. The summed E-state index contributed by atoms with van der Waals surface area (Å²) in [6, 6.07) is 9.06. The van der Waals surface area contributed by atoms with Gasteiger partial charge in [-0.15, -0.1) is 0 Å². The lowest BCUT2D eigenvalue weighted by molar-refractivity contribution is -0.125. The second kappa shape index (κ2) is 4.55. The summed E-state index contributed by atoms with van der Waals surface area (Å²) in [5.74, 6) is 0.296. The summed E-state index contributed by atoms with van der Waals surface area (Å²) in [6.45, 7) is 6.40. The Labute approximate surface area is 125 Å². The van der Waals surface area contributed by atoms with Crippen molar-refractivity contribution in [2.45, 2.75) is 33.6 Å². The van der Waals surface area contributed by atoms with Crippen molar-refractivity contribution in [3.63, 3.8) is 0 Å². The van der Waals surface area contributed by atoms with Crippen LogP contribution in [-0.4, -0.2) is 11.7 Å². The standard InChI is InChI=1S/C18H21NO2/c1-17(2)14-9-10-18(17,3)15(20)13(14)11-19-16(21)12-7-5-4-6-8-12/h4-8,11,14H,9-10H2,1-3H3,(H,19,21)/b13-11+/t14-,18+/m1/s1. The first-order chi connectivity index (χ1) is 9.88. The molecule has 0 aromatic heterocycles. The van der Waals surface area contributed by atoms with Gasteiger partial charge in [-0.25, -0.2) is 0 Å². The molecule has 2 saturated carbocycles. The molecule has 1 aromatic rings. The molecule has 0 spiro atoms. The van der Waals surface area contributed by atoms with Crippen molar-refractivity contribution in [1.82, 2.24) is 5.32 Å². The van der Waals surface area contributed by atoms with E-state index in [2.05, 4.69) is 26.1 Å². The van der Waals surface area contributed by atoms with Gasteiger partial charge in [0.1, 0.15) is 0 Å². The molecule has 1 N–H and O–H groups in total. The summed E-state index contributed by atoms with van der Waals surface area (Å²) in [4.78, 5) is 24.7. The van der Waals surface area contributed by atoms with Gasteiger partial charge >= 0.3 is 0 Å². The highest BCUT2D eigenvalue weighted by Gasteiger charge is 2.63. The Bertz CT molecular complexity index is 630. The quantitative estimate of drug-likeness (QED) is 0.846. The fraction of sp³-hybridized carbons (Fsp3) is 0.444. The topological polar surface area (TPSA) is 46.2 Å². The summed E-state index contributed by atoms with van der Waals surface area (Å²) in [6.07, 6.45) is 3.63. The third kappa shape index (κ3) is 1.87. The van der Waals surface area contributed by atoms with Crippen LogP contribution in [-0.2, 0) is 4.79 Å². The summed E-state index contributed by atoms with van der Waals surface area (Å²) in [5, 5.41) is 2.79. The van der Waals surface area contributed by atoms with Crippen LogP contribution in [0.25, 0.3) is 0 Å². The molecule has 3 heteroatoms. The number of Topliss-reactive ketones (excluding diaryl/α,β-unsaturated/α-hetero) is 1. The minimum atomic E-state index is -0.277. The molecule has 2 atom stereocenters. The normalized spacial score (nSPS) is 31.7. The molecule has 2 bridgehead atoms. The number of amides is 1. The number of fused-ring (bicyclic) bond motifs is 2. The van der Waals surface area contributed by atoms with Gasteiger partial charge in [-0.2, -0.15) is 0 Å². The van der Waals surface area contributed by atoms with Crippen LogP contribution in [0.5, 0.6) is 0 Å². The van der Waals surface area contributed by atoms with E-state index in [-0.39, 0.29) is 28.4 Å². The highest BCUT2D eigenvalue weighted by Crippen LogP contribution is 2.65. The Balaban J connectivity index is 1.83. The minimum Gasteiger partial charge on any atom is -0.328 e. The van der Waals surface area contributed by atoms with Crippen LogP contribution in [0, 0.1) is 16.7 Å². The van der Waals surface area contributed by atoms with Gasteiger partial charge in [0, 0.05) is 22.8 Å². The summed E-state index contributed by atoms with van der Waals surface area (Å²) in [5.41, 5.74) is 1.10. The summed E-state index contributed by atoms with van der Waals surface area (Å²) in [7, 11) is 0. The third-order valence-corrected chi connectivity index (χ3v) is 5.76. The summed E-state index contributed by atoms with van der Waals surface area (Å²) < 4.78 is 0. The van der Waals surface area contributed by atoms with E-state index >= 15 is 0 Å². The van der Waals surface area contributed by atoms with Crippen LogP contribution >= 0.6 is 0 Å². The zero-order valence-electron chi connectivity index (χ0n) is 12.8. The van der Waals surface area contributed by atoms with E-state index < -0.39 is 0 Å². The fourth-order valence-electron chi connectivity index (χ4n) is 3.91. The van der Waals surface area contributed by atoms with Crippen molar-refractivity contribution < 1.29 is 9.59 Å². The molecule has 21 heavy (non-hydrogen) atoms. The van der Waals surface area contributed by atoms with E-state index in [4.69, 9.17) is 0 Å². The maximum atomic E-state index is 12.6. The predicted octanol–water partition coefficient (Wildman–Crippen LogP) is 3.33.